The number of benzene rings is 1. The summed E-state index contributed by atoms with van der Waals surface area (Å²) in [7, 11) is 0. The monoisotopic (exact) mass is 367 g/mol. The predicted octanol–water partition coefficient (Wildman–Crippen LogP) is 3.64. The van der Waals surface area contributed by atoms with Crippen LogP contribution < -0.4 is 10.1 Å². The SMILES string of the molecule is O=C(/C=C/c1cccc([N+](=O)[O-])c1)NCc1ccnc(OC2CCCC2)c1. The van der Waals surface area contributed by atoms with Gasteiger partial charge in [-0.05, 0) is 49.0 Å². The Hall–Kier alpha value is -3.22. The van der Waals surface area contributed by atoms with E-state index in [1.54, 1.807) is 24.4 Å². The third-order valence-corrected chi connectivity index (χ3v) is 4.36. The number of nitrogens with one attached hydrogen (secondary N) is 1. The first-order valence-corrected chi connectivity index (χ1v) is 8.92. The van der Waals surface area contributed by atoms with Crippen molar-refractivity contribution in [3.63, 3.8) is 0 Å². The summed E-state index contributed by atoms with van der Waals surface area (Å²) in [5.74, 6) is 0.303. The first-order valence-electron chi connectivity index (χ1n) is 8.92. The topological polar surface area (TPSA) is 94.4 Å². The molecule has 0 aliphatic heterocycles. The zero-order valence-electron chi connectivity index (χ0n) is 14.8. The fraction of sp³-hybridized carbons (Fsp3) is 0.300. The Morgan fingerprint density at radius 3 is 2.89 bits per heavy atom. The van der Waals surface area contributed by atoms with Crippen LogP contribution in [0.3, 0.4) is 0 Å². The largest absolute Gasteiger partial charge is 0.474 e. The minimum absolute atomic E-state index is 0.0101. The van der Waals surface area contributed by atoms with E-state index in [4.69, 9.17) is 4.74 Å². The molecule has 0 unspecified atom stereocenters. The van der Waals surface area contributed by atoms with Crippen LogP contribution in [0.1, 0.15) is 36.8 Å². The number of nitro groups is 1. The maximum Gasteiger partial charge on any atom is 0.270 e. The Bertz CT molecular complexity index is 845. The Morgan fingerprint density at radius 2 is 2.11 bits per heavy atom. The van der Waals surface area contributed by atoms with Crippen molar-refractivity contribution in [1.29, 1.82) is 0 Å². The summed E-state index contributed by atoms with van der Waals surface area (Å²) in [4.78, 5) is 26.5. The molecule has 0 bridgehead atoms. The van der Waals surface area contributed by atoms with Crippen LogP contribution in [0, 0.1) is 10.1 Å². The number of pyridine rings is 1. The molecule has 3 rings (SSSR count). The van der Waals surface area contributed by atoms with Gasteiger partial charge in [0.15, 0.2) is 0 Å². The Balaban J connectivity index is 1.52. The molecule has 0 saturated heterocycles. The lowest BCUT2D eigenvalue weighted by atomic mass is 10.2. The number of ether oxygens (including phenoxy) is 1. The average Bonchev–Trinajstić information content (AvgIpc) is 3.18. The summed E-state index contributed by atoms with van der Waals surface area (Å²) >= 11 is 0. The van der Waals surface area contributed by atoms with Crippen molar-refractivity contribution in [2.45, 2.75) is 38.3 Å². The standard InChI is InChI=1S/C20H21N3O4/c24-19(9-8-15-4-3-5-17(12-15)23(25)26)22-14-16-10-11-21-20(13-16)27-18-6-1-2-7-18/h3-5,8-13,18H,1-2,6-7,14H2,(H,22,24)/b9-8+. The van der Waals surface area contributed by atoms with Crippen LogP contribution in [-0.2, 0) is 11.3 Å². The Labute approximate surface area is 157 Å². The number of amides is 1. The zero-order valence-corrected chi connectivity index (χ0v) is 14.8. The van der Waals surface area contributed by atoms with Crippen molar-refractivity contribution in [3.8, 4) is 5.88 Å². The molecule has 27 heavy (non-hydrogen) atoms. The number of nitrogens with zero attached hydrogens (tertiary/aromatic N) is 2. The van der Waals surface area contributed by atoms with Crippen molar-refractivity contribution in [3.05, 3.63) is 69.9 Å². The van der Waals surface area contributed by atoms with E-state index in [9.17, 15) is 14.9 Å². The molecule has 0 atom stereocenters. The predicted molar refractivity (Wildman–Crippen MR) is 101 cm³/mol. The summed E-state index contributed by atoms with van der Waals surface area (Å²) in [6, 6.07) is 9.77. The van der Waals surface area contributed by atoms with Crippen molar-refractivity contribution in [1.82, 2.24) is 10.3 Å². The van der Waals surface area contributed by atoms with E-state index in [1.165, 1.54) is 31.1 Å². The van der Waals surface area contributed by atoms with Gasteiger partial charge in [-0.1, -0.05) is 12.1 Å². The van der Waals surface area contributed by atoms with E-state index in [2.05, 4.69) is 10.3 Å². The summed E-state index contributed by atoms with van der Waals surface area (Å²) in [6.07, 6.45) is 9.31. The molecular weight excluding hydrogens is 346 g/mol. The lowest BCUT2D eigenvalue weighted by Gasteiger charge is -2.12. The highest BCUT2D eigenvalue weighted by atomic mass is 16.6. The molecule has 140 valence electrons. The smallest absolute Gasteiger partial charge is 0.270 e. The quantitative estimate of drug-likeness (QED) is 0.458. The first kappa shape index (κ1) is 18.6. The van der Waals surface area contributed by atoms with E-state index >= 15 is 0 Å². The van der Waals surface area contributed by atoms with Crippen LogP contribution in [0.5, 0.6) is 5.88 Å². The van der Waals surface area contributed by atoms with Gasteiger partial charge in [0, 0.05) is 37.0 Å². The van der Waals surface area contributed by atoms with Gasteiger partial charge in [0.1, 0.15) is 6.10 Å². The maximum absolute atomic E-state index is 12.0. The van der Waals surface area contributed by atoms with Gasteiger partial charge in [0.25, 0.3) is 5.69 Å². The molecule has 1 aromatic carbocycles. The first-order chi connectivity index (χ1) is 13.1. The lowest BCUT2D eigenvalue weighted by molar-refractivity contribution is -0.384. The highest BCUT2D eigenvalue weighted by Crippen LogP contribution is 2.23. The molecule has 7 nitrogen and oxygen atoms in total. The van der Waals surface area contributed by atoms with Crippen molar-refractivity contribution < 1.29 is 14.5 Å². The van der Waals surface area contributed by atoms with Gasteiger partial charge in [0.2, 0.25) is 11.8 Å². The number of nitro benzene ring substituents is 1. The number of non-ortho nitro benzene ring substituents is 1. The number of carbonyl (C=O) groups is 1. The second kappa shape index (κ2) is 8.93. The molecule has 1 aliphatic carbocycles. The van der Waals surface area contributed by atoms with Crippen molar-refractivity contribution in [2.24, 2.45) is 0 Å². The van der Waals surface area contributed by atoms with E-state index in [-0.39, 0.29) is 17.7 Å². The van der Waals surface area contributed by atoms with Crippen LogP contribution in [0.2, 0.25) is 0 Å². The molecule has 1 aliphatic rings. The van der Waals surface area contributed by atoms with Gasteiger partial charge in [-0.3, -0.25) is 14.9 Å². The lowest BCUT2D eigenvalue weighted by Crippen LogP contribution is -2.20. The van der Waals surface area contributed by atoms with Crippen molar-refractivity contribution in [2.75, 3.05) is 0 Å². The minimum atomic E-state index is -0.466. The fourth-order valence-corrected chi connectivity index (χ4v) is 2.96. The van der Waals surface area contributed by atoms with Gasteiger partial charge in [-0.25, -0.2) is 4.98 Å². The van der Waals surface area contributed by atoms with Crippen LogP contribution in [0.25, 0.3) is 6.08 Å². The van der Waals surface area contributed by atoms with E-state index < -0.39 is 4.92 Å². The Morgan fingerprint density at radius 1 is 1.30 bits per heavy atom. The number of hydrogen-bond acceptors (Lipinski definition) is 5. The van der Waals surface area contributed by atoms with Crippen LogP contribution in [0.4, 0.5) is 5.69 Å². The summed E-state index contributed by atoms with van der Waals surface area (Å²) < 4.78 is 5.87. The molecule has 1 saturated carbocycles. The highest BCUT2D eigenvalue weighted by Gasteiger charge is 2.17. The van der Waals surface area contributed by atoms with Crippen LogP contribution in [-0.4, -0.2) is 21.9 Å². The second-order valence-corrected chi connectivity index (χ2v) is 6.43. The fourth-order valence-electron chi connectivity index (χ4n) is 2.96. The minimum Gasteiger partial charge on any atom is -0.474 e. The molecule has 1 N–H and O–H groups in total. The van der Waals surface area contributed by atoms with Gasteiger partial charge in [0.05, 0.1) is 4.92 Å². The molecule has 2 aromatic rings. The molecule has 1 aromatic heterocycles. The molecular formula is C20H21N3O4. The third-order valence-electron chi connectivity index (χ3n) is 4.36. The van der Waals surface area contributed by atoms with Crippen LogP contribution in [0.15, 0.2) is 48.7 Å². The van der Waals surface area contributed by atoms with Crippen molar-refractivity contribution >= 4 is 17.7 Å². The van der Waals surface area contributed by atoms with Gasteiger partial charge in [-0.2, -0.15) is 0 Å². The van der Waals surface area contributed by atoms with Gasteiger partial charge < -0.3 is 10.1 Å². The van der Waals surface area contributed by atoms with Gasteiger partial charge in [-0.15, -0.1) is 0 Å². The molecule has 1 fully saturated rings. The number of rotatable bonds is 7. The Kier molecular flexibility index (Phi) is 6.14. The number of aromatic nitrogens is 1. The maximum atomic E-state index is 12.0. The summed E-state index contributed by atoms with van der Waals surface area (Å²) in [6.45, 7) is 0.349. The summed E-state index contributed by atoms with van der Waals surface area (Å²) in [5, 5.41) is 13.6. The average molecular weight is 367 g/mol. The summed E-state index contributed by atoms with van der Waals surface area (Å²) in [5.41, 5.74) is 1.48. The normalized spacial score (nSPS) is 14.4. The molecule has 0 radical (unpaired) electrons. The number of carbonyl (C=O) groups excluding carboxylic acids is 1. The molecule has 7 heteroatoms. The number of hydrogen-bond donors (Lipinski definition) is 1. The van der Waals surface area contributed by atoms with Gasteiger partial charge >= 0.3 is 0 Å². The van der Waals surface area contributed by atoms with E-state index in [0.717, 1.165) is 18.4 Å². The molecule has 1 amide bonds. The van der Waals surface area contributed by atoms with Crippen LogP contribution >= 0.6 is 0 Å². The highest BCUT2D eigenvalue weighted by molar-refractivity contribution is 5.91. The molecule has 1 heterocycles. The molecule has 0 spiro atoms. The second-order valence-electron chi connectivity index (χ2n) is 6.43. The zero-order chi connectivity index (χ0) is 19.1. The van der Waals surface area contributed by atoms with E-state index in [1.807, 2.05) is 12.1 Å². The third kappa shape index (κ3) is 5.64. The van der Waals surface area contributed by atoms with E-state index in [0.29, 0.717) is 18.0 Å².